The third-order valence-corrected chi connectivity index (χ3v) is 7.40. The van der Waals surface area contributed by atoms with Crippen molar-refractivity contribution < 1.29 is 23.4 Å². The molecule has 172 valence electrons. The minimum atomic E-state index is -0.861. The van der Waals surface area contributed by atoms with E-state index in [-0.39, 0.29) is 29.6 Å². The second-order valence-electron chi connectivity index (χ2n) is 10.1. The fraction of sp³-hybridized carbons (Fsp3) is 0.708. The summed E-state index contributed by atoms with van der Waals surface area (Å²) in [5.41, 5.74) is -1.09. The van der Waals surface area contributed by atoms with E-state index < -0.39 is 17.2 Å². The lowest BCUT2D eigenvalue weighted by Crippen LogP contribution is -2.58. The Balaban J connectivity index is 1.23. The smallest absolute Gasteiger partial charge is 0.227 e. The molecule has 2 N–H and O–H groups in total. The highest BCUT2D eigenvalue weighted by atomic mass is 19.1. The Hall–Kier alpha value is -1.73. The molecule has 4 rings (SSSR count). The lowest BCUT2D eigenvalue weighted by atomic mass is 9.84. The van der Waals surface area contributed by atoms with Crippen LogP contribution in [0.3, 0.4) is 0 Å². The van der Waals surface area contributed by atoms with Crippen LogP contribution in [-0.4, -0.2) is 54.3 Å². The Labute approximate surface area is 183 Å². The molecule has 0 aromatic heterocycles. The van der Waals surface area contributed by atoms with E-state index in [4.69, 9.17) is 4.74 Å². The SMILES string of the molecule is CC(C)(O)C1CN(C(=O)Cc2c(F)cc(OCC[C@@H]3C[C@@H]3C3CCNCC3)cc2F)C1. The van der Waals surface area contributed by atoms with E-state index in [1.54, 1.807) is 13.8 Å². The number of ether oxygens (including phenoxy) is 1. The number of carbonyl (C=O) groups is 1. The maximum absolute atomic E-state index is 14.5. The van der Waals surface area contributed by atoms with Gasteiger partial charge in [-0.25, -0.2) is 8.78 Å². The minimum Gasteiger partial charge on any atom is -0.493 e. The van der Waals surface area contributed by atoms with Crippen LogP contribution in [0.2, 0.25) is 0 Å². The summed E-state index contributed by atoms with van der Waals surface area (Å²) >= 11 is 0. The fourth-order valence-corrected chi connectivity index (χ4v) is 5.00. The lowest BCUT2D eigenvalue weighted by Gasteiger charge is -2.45. The van der Waals surface area contributed by atoms with Gasteiger partial charge in [-0.1, -0.05) is 0 Å². The Kier molecular flexibility index (Phi) is 6.54. The summed E-state index contributed by atoms with van der Waals surface area (Å²) in [5, 5.41) is 13.4. The van der Waals surface area contributed by atoms with Crippen LogP contribution in [-0.2, 0) is 11.2 Å². The molecule has 0 unspecified atom stereocenters. The normalized spacial score (nSPS) is 24.7. The first-order valence-electron chi connectivity index (χ1n) is 11.5. The van der Waals surface area contributed by atoms with E-state index in [0.717, 1.165) is 31.3 Å². The zero-order valence-electron chi connectivity index (χ0n) is 18.5. The summed E-state index contributed by atoms with van der Waals surface area (Å²) in [6.45, 7) is 6.89. The van der Waals surface area contributed by atoms with Gasteiger partial charge in [0.15, 0.2) is 0 Å². The molecule has 31 heavy (non-hydrogen) atoms. The fourth-order valence-electron chi connectivity index (χ4n) is 5.00. The number of nitrogens with zero attached hydrogens (tertiary/aromatic N) is 1. The Bertz CT molecular complexity index is 775. The van der Waals surface area contributed by atoms with Crippen LogP contribution in [0.15, 0.2) is 12.1 Å². The number of aliphatic hydroxyl groups is 1. The number of rotatable bonds is 8. The third-order valence-electron chi connectivity index (χ3n) is 7.40. The largest absolute Gasteiger partial charge is 0.493 e. The molecule has 7 heteroatoms. The van der Waals surface area contributed by atoms with Crippen LogP contribution in [0.4, 0.5) is 8.78 Å². The molecule has 1 amide bonds. The Morgan fingerprint density at radius 2 is 1.87 bits per heavy atom. The monoisotopic (exact) mass is 436 g/mol. The molecule has 0 bridgehead atoms. The van der Waals surface area contributed by atoms with E-state index in [9.17, 15) is 18.7 Å². The number of carbonyl (C=O) groups excluding carboxylic acids is 1. The number of benzene rings is 1. The predicted molar refractivity (Wildman–Crippen MR) is 114 cm³/mol. The van der Waals surface area contributed by atoms with Crippen LogP contribution in [0.25, 0.3) is 0 Å². The van der Waals surface area contributed by atoms with Crippen LogP contribution in [0, 0.1) is 35.3 Å². The molecule has 2 atom stereocenters. The molecule has 3 fully saturated rings. The highest BCUT2D eigenvalue weighted by molar-refractivity contribution is 5.79. The number of nitrogens with one attached hydrogen (secondary N) is 1. The van der Waals surface area contributed by atoms with Gasteiger partial charge in [-0.05, 0) is 70.4 Å². The molecule has 1 aromatic rings. The first-order chi connectivity index (χ1) is 14.7. The van der Waals surface area contributed by atoms with Crippen LogP contribution in [0.5, 0.6) is 5.75 Å². The van der Waals surface area contributed by atoms with E-state index >= 15 is 0 Å². The van der Waals surface area contributed by atoms with Gasteiger partial charge in [0.1, 0.15) is 17.4 Å². The van der Waals surface area contributed by atoms with Crippen molar-refractivity contribution in [3.63, 3.8) is 0 Å². The number of hydrogen-bond donors (Lipinski definition) is 2. The van der Waals surface area contributed by atoms with E-state index in [1.165, 1.54) is 36.3 Å². The summed E-state index contributed by atoms with van der Waals surface area (Å²) in [4.78, 5) is 13.9. The number of hydrogen-bond acceptors (Lipinski definition) is 4. The molecule has 1 aliphatic carbocycles. The van der Waals surface area contributed by atoms with Gasteiger partial charge in [-0.2, -0.15) is 0 Å². The maximum Gasteiger partial charge on any atom is 0.227 e. The van der Waals surface area contributed by atoms with Gasteiger partial charge in [0.05, 0.1) is 18.6 Å². The lowest BCUT2D eigenvalue weighted by molar-refractivity contribution is -0.143. The quantitative estimate of drug-likeness (QED) is 0.657. The molecule has 0 spiro atoms. The van der Waals surface area contributed by atoms with Gasteiger partial charge in [0, 0.05) is 36.7 Å². The summed E-state index contributed by atoms with van der Waals surface area (Å²) in [6, 6.07) is 2.36. The number of amides is 1. The predicted octanol–water partition coefficient (Wildman–Crippen LogP) is 3.14. The van der Waals surface area contributed by atoms with Crippen molar-refractivity contribution >= 4 is 5.91 Å². The van der Waals surface area contributed by atoms with E-state index in [1.807, 2.05) is 0 Å². The van der Waals surface area contributed by atoms with Gasteiger partial charge in [-0.3, -0.25) is 4.79 Å². The number of halogens is 2. The maximum atomic E-state index is 14.5. The van der Waals surface area contributed by atoms with Crippen molar-refractivity contribution in [1.82, 2.24) is 10.2 Å². The minimum absolute atomic E-state index is 0.0113. The summed E-state index contributed by atoms with van der Waals surface area (Å²) in [5.74, 6) is 0.597. The molecule has 1 saturated carbocycles. The van der Waals surface area contributed by atoms with Crippen LogP contribution < -0.4 is 10.1 Å². The second kappa shape index (κ2) is 9.02. The Morgan fingerprint density at radius 1 is 1.23 bits per heavy atom. The zero-order chi connectivity index (χ0) is 22.2. The summed E-state index contributed by atoms with van der Waals surface area (Å²) in [6.07, 6.45) is 4.32. The third kappa shape index (κ3) is 5.37. The van der Waals surface area contributed by atoms with Gasteiger partial charge < -0.3 is 20.1 Å². The molecular weight excluding hydrogens is 402 g/mol. The molecular formula is C24H34F2N2O3. The van der Waals surface area contributed by atoms with Gasteiger partial charge in [-0.15, -0.1) is 0 Å². The molecule has 2 saturated heterocycles. The molecule has 5 nitrogen and oxygen atoms in total. The van der Waals surface area contributed by atoms with Crippen LogP contribution >= 0.6 is 0 Å². The summed E-state index contributed by atoms with van der Waals surface area (Å²) < 4.78 is 34.6. The molecule has 2 aliphatic heterocycles. The average molecular weight is 437 g/mol. The highest BCUT2D eigenvalue weighted by Crippen LogP contribution is 2.49. The summed E-state index contributed by atoms with van der Waals surface area (Å²) in [7, 11) is 0. The van der Waals surface area contributed by atoms with Crippen molar-refractivity contribution in [2.24, 2.45) is 23.7 Å². The van der Waals surface area contributed by atoms with Gasteiger partial charge in [0.2, 0.25) is 5.91 Å². The Morgan fingerprint density at radius 3 is 2.48 bits per heavy atom. The first kappa shape index (κ1) is 22.5. The first-order valence-corrected chi connectivity index (χ1v) is 11.5. The number of likely N-dealkylation sites (tertiary alicyclic amines) is 1. The standard InChI is InChI=1S/C24H34F2N2O3/c1-24(2,30)17-13-28(14-17)23(29)12-20-21(25)10-18(11-22(20)26)31-8-5-16-9-19(16)15-3-6-27-7-4-15/h10-11,15-17,19,27,30H,3-9,12-14H2,1-2H3/t16-,19-/m1/s1. The molecule has 0 radical (unpaired) electrons. The number of piperidine rings is 1. The topological polar surface area (TPSA) is 61.8 Å². The molecule has 2 heterocycles. The van der Waals surface area contributed by atoms with Crippen molar-refractivity contribution in [2.75, 3.05) is 32.8 Å². The van der Waals surface area contributed by atoms with Crippen molar-refractivity contribution in [3.8, 4) is 5.75 Å². The van der Waals surface area contributed by atoms with Crippen LogP contribution in [0.1, 0.15) is 45.1 Å². The van der Waals surface area contributed by atoms with Gasteiger partial charge >= 0.3 is 0 Å². The van der Waals surface area contributed by atoms with E-state index in [2.05, 4.69) is 5.32 Å². The molecule has 3 aliphatic rings. The van der Waals surface area contributed by atoms with E-state index in [0.29, 0.717) is 25.6 Å². The van der Waals surface area contributed by atoms with Crippen molar-refractivity contribution in [2.45, 2.75) is 51.6 Å². The van der Waals surface area contributed by atoms with Crippen molar-refractivity contribution in [1.29, 1.82) is 0 Å². The van der Waals surface area contributed by atoms with Crippen molar-refractivity contribution in [3.05, 3.63) is 29.3 Å². The molecule has 1 aromatic carbocycles. The highest BCUT2D eigenvalue weighted by Gasteiger charge is 2.42. The second-order valence-corrected chi connectivity index (χ2v) is 10.1. The average Bonchev–Trinajstić information content (AvgIpc) is 3.43. The van der Waals surface area contributed by atoms with Gasteiger partial charge in [0.25, 0.3) is 0 Å². The zero-order valence-corrected chi connectivity index (χ0v) is 18.5.